The monoisotopic (exact) mass is 384 g/mol. The minimum absolute atomic E-state index is 0.0112. The van der Waals surface area contributed by atoms with Gasteiger partial charge in [0.15, 0.2) is 0 Å². The van der Waals surface area contributed by atoms with Crippen LogP contribution in [0, 0.1) is 5.82 Å². The average Bonchev–Trinajstić information content (AvgIpc) is 2.52. The van der Waals surface area contributed by atoms with Gasteiger partial charge in [-0.1, -0.05) is 113 Å². The summed E-state index contributed by atoms with van der Waals surface area (Å²) in [6.45, 7) is 23.6. The maximum absolute atomic E-state index is 13.9. The fraction of sp³-hybridized carbons (Fsp3) is 0.556. The van der Waals surface area contributed by atoms with Gasteiger partial charge in [-0.25, -0.2) is 4.39 Å². The van der Waals surface area contributed by atoms with Gasteiger partial charge < -0.3 is 0 Å². The van der Waals surface area contributed by atoms with Gasteiger partial charge in [0.05, 0.1) is 0 Å². The molecule has 2 aromatic carbocycles. The van der Waals surface area contributed by atoms with Crippen LogP contribution in [0.25, 0.3) is 0 Å². The number of rotatable bonds is 1. The highest BCUT2D eigenvalue weighted by Gasteiger charge is 2.21. The van der Waals surface area contributed by atoms with Crippen LogP contribution in [0.2, 0.25) is 0 Å². The van der Waals surface area contributed by atoms with E-state index in [0.717, 1.165) is 11.1 Å². The standard InChI is InChI=1S/C14H21F.C13H20/c1-13(2,3)10-7-8-11(12(15)9-10)14(4,5)6;1-10(2)11-6-8-12(9-7-11)13(3,4)5/h7-9H,1-6H3;6-10H,1-5H3. The zero-order valence-corrected chi connectivity index (χ0v) is 20.0. The van der Waals surface area contributed by atoms with E-state index in [-0.39, 0.29) is 22.1 Å². The van der Waals surface area contributed by atoms with E-state index < -0.39 is 0 Å². The molecular formula is C27H41F. The van der Waals surface area contributed by atoms with Gasteiger partial charge in [-0.15, -0.1) is 0 Å². The lowest BCUT2D eigenvalue weighted by atomic mass is 9.82. The summed E-state index contributed by atoms with van der Waals surface area (Å²) in [5.74, 6) is 0.545. The molecule has 0 bridgehead atoms. The molecule has 0 fully saturated rings. The van der Waals surface area contributed by atoms with Crippen molar-refractivity contribution in [2.24, 2.45) is 0 Å². The summed E-state index contributed by atoms with van der Waals surface area (Å²) in [5, 5.41) is 0. The normalized spacial score (nSPS) is 12.6. The molecule has 2 rings (SSSR count). The number of halogens is 1. The van der Waals surface area contributed by atoms with E-state index >= 15 is 0 Å². The Bertz CT molecular complexity index is 745. The van der Waals surface area contributed by atoms with E-state index in [0.29, 0.717) is 5.92 Å². The third kappa shape index (κ3) is 7.08. The van der Waals surface area contributed by atoms with E-state index in [9.17, 15) is 4.39 Å². The van der Waals surface area contributed by atoms with Crippen LogP contribution in [-0.2, 0) is 16.2 Å². The summed E-state index contributed by atoms with van der Waals surface area (Å²) >= 11 is 0. The Kier molecular flexibility index (Phi) is 7.67. The van der Waals surface area contributed by atoms with Gasteiger partial charge in [0.1, 0.15) is 5.82 Å². The first-order valence-electron chi connectivity index (χ1n) is 10.4. The van der Waals surface area contributed by atoms with Crippen molar-refractivity contribution in [2.75, 3.05) is 0 Å². The Morgan fingerprint density at radius 3 is 1.36 bits per heavy atom. The Morgan fingerprint density at radius 1 is 0.607 bits per heavy atom. The molecule has 156 valence electrons. The van der Waals surface area contributed by atoms with Gasteiger partial charge in [0, 0.05) is 0 Å². The predicted molar refractivity (Wildman–Crippen MR) is 123 cm³/mol. The minimum Gasteiger partial charge on any atom is -0.207 e. The van der Waals surface area contributed by atoms with Gasteiger partial charge in [-0.2, -0.15) is 0 Å². The highest BCUT2D eigenvalue weighted by atomic mass is 19.1. The zero-order chi connectivity index (χ0) is 21.9. The molecule has 2 aromatic rings. The molecule has 0 aliphatic heterocycles. The van der Waals surface area contributed by atoms with Crippen molar-refractivity contribution in [1.29, 1.82) is 0 Å². The highest BCUT2D eigenvalue weighted by Crippen LogP contribution is 2.29. The molecule has 0 spiro atoms. The Hall–Kier alpha value is -1.63. The zero-order valence-electron chi connectivity index (χ0n) is 20.0. The summed E-state index contributed by atoms with van der Waals surface area (Å²) in [4.78, 5) is 0. The first-order chi connectivity index (χ1) is 12.5. The molecule has 0 radical (unpaired) electrons. The van der Waals surface area contributed by atoms with Crippen LogP contribution in [0.15, 0.2) is 42.5 Å². The van der Waals surface area contributed by atoms with Crippen LogP contribution in [0.1, 0.15) is 104 Å². The lowest BCUT2D eigenvalue weighted by molar-refractivity contribution is 0.513. The maximum atomic E-state index is 13.9. The molecule has 0 heterocycles. The van der Waals surface area contributed by atoms with Crippen molar-refractivity contribution >= 4 is 0 Å². The van der Waals surface area contributed by atoms with Crippen LogP contribution < -0.4 is 0 Å². The second kappa shape index (κ2) is 8.80. The van der Waals surface area contributed by atoms with E-state index in [1.54, 1.807) is 6.07 Å². The first-order valence-corrected chi connectivity index (χ1v) is 10.4. The lowest BCUT2D eigenvalue weighted by Crippen LogP contribution is -2.16. The fourth-order valence-corrected chi connectivity index (χ4v) is 2.96. The van der Waals surface area contributed by atoms with Crippen LogP contribution >= 0.6 is 0 Å². The predicted octanol–water partition coefficient (Wildman–Crippen LogP) is 8.53. The first kappa shape index (κ1) is 24.4. The summed E-state index contributed by atoms with van der Waals surface area (Å²) in [5.41, 5.74) is 4.83. The molecule has 0 saturated carbocycles. The molecule has 0 nitrogen and oxygen atoms in total. The summed E-state index contributed by atoms with van der Waals surface area (Å²) < 4.78 is 13.9. The molecule has 0 atom stereocenters. The smallest absolute Gasteiger partial charge is 0.127 e. The molecule has 0 aliphatic carbocycles. The number of hydrogen-bond donors (Lipinski definition) is 0. The van der Waals surface area contributed by atoms with Gasteiger partial charge in [0.2, 0.25) is 0 Å². The summed E-state index contributed by atoms with van der Waals surface area (Å²) in [6, 6.07) is 14.6. The molecule has 0 aromatic heterocycles. The molecule has 0 unspecified atom stereocenters. The molecule has 1 heteroatoms. The van der Waals surface area contributed by atoms with E-state index in [4.69, 9.17) is 0 Å². The molecule has 28 heavy (non-hydrogen) atoms. The van der Waals surface area contributed by atoms with Gasteiger partial charge >= 0.3 is 0 Å². The van der Waals surface area contributed by atoms with Crippen LogP contribution in [0.3, 0.4) is 0 Å². The molecular weight excluding hydrogens is 343 g/mol. The second-order valence-corrected chi connectivity index (χ2v) is 11.2. The van der Waals surface area contributed by atoms with Gasteiger partial charge in [-0.3, -0.25) is 0 Å². The highest BCUT2D eigenvalue weighted by molar-refractivity contribution is 5.32. The van der Waals surface area contributed by atoms with Crippen LogP contribution in [0.5, 0.6) is 0 Å². The lowest BCUT2D eigenvalue weighted by Gasteiger charge is -2.24. The summed E-state index contributed by atoms with van der Waals surface area (Å²) in [6.07, 6.45) is 0. The average molecular weight is 385 g/mol. The number of hydrogen-bond acceptors (Lipinski definition) is 0. The molecule has 0 N–H and O–H groups in total. The third-order valence-corrected chi connectivity index (χ3v) is 5.09. The SMILES string of the molecule is CC(C)(C)c1ccc(C(C)(C)C)c(F)c1.CC(C)c1ccc(C(C)(C)C)cc1. The van der Waals surface area contributed by atoms with Crippen molar-refractivity contribution < 1.29 is 4.39 Å². The van der Waals surface area contributed by atoms with Crippen LogP contribution in [0.4, 0.5) is 4.39 Å². The van der Waals surface area contributed by atoms with E-state index in [1.807, 2.05) is 32.9 Å². The second-order valence-electron chi connectivity index (χ2n) is 11.2. The van der Waals surface area contributed by atoms with Crippen molar-refractivity contribution in [1.82, 2.24) is 0 Å². The number of benzene rings is 2. The van der Waals surface area contributed by atoms with Crippen LogP contribution in [-0.4, -0.2) is 0 Å². The van der Waals surface area contributed by atoms with Crippen molar-refractivity contribution in [3.63, 3.8) is 0 Å². The Balaban J connectivity index is 0.000000283. The Morgan fingerprint density at radius 2 is 1.04 bits per heavy atom. The summed E-state index contributed by atoms with van der Waals surface area (Å²) in [7, 11) is 0. The Labute approximate surface area is 173 Å². The topological polar surface area (TPSA) is 0 Å². The third-order valence-electron chi connectivity index (χ3n) is 5.09. The minimum atomic E-state index is -0.125. The van der Waals surface area contributed by atoms with Gasteiger partial charge in [0.25, 0.3) is 0 Å². The molecule has 0 saturated heterocycles. The van der Waals surface area contributed by atoms with Gasteiger partial charge in [-0.05, 0) is 50.5 Å². The largest absolute Gasteiger partial charge is 0.207 e. The van der Waals surface area contributed by atoms with E-state index in [2.05, 4.69) is 79.7 Å². The molecule has 0 aliphatic rings. The van der Waals surface area contributed by atoms with Crippen molar-refractivity contribution in [3.8, 4) is 0 Å². The quantitative estimate of drug-likeness (QED) is 0.462. The maximum Gasteiger partial charge on any atom is 0.127 e. The van der Waals surface area contributed by atoms with Crippen molar-refractivity contribution in [3.05, 3.63) is 70.5 Å². The fourth-order valence-electron chi connectivity index (χ4n) is 2.96. The van der Waals surface area contributed by atoms with E-state index in [1.165, 1.54) is 11.1 Å². The van der Waals surface area contributed by atoms with Crippen molar-refractivity contribution in [2.45, 2.75) is 98.3 Å². The molecule has 0 amide bonds.